The summed E-state index contributed by atoms with van der Waals surface area (Å²) in [4.78, 5) is 10.5. The molecule has 0 aliphatic heterocycles. The number of alkyl halides is 1. The Hall–Kier alpha value is -1.32. The lowest BCUT2D eigenvalue weighted by molar-refractivity contribution is -0.131. The third-order valence-corrected chi connectivity index (χ3v) is 2.72. The van der Waals surface area contributed by atoms with Crippen LogP contribution in [-0.2, 0) is 17.8 Å². The van der Waals surface area contributed by atoms with Gasteiger partial charge in [0.05, 0.1) is 6.61 Å². The molecule has 0 radical (unpaired) electrons. The number of aliphatic hydroxyl groups is 1. The maximum absolute atomic E-state index is 10.5. The van der Waals surface area contributed by atoms with Gasteiger partial charge in [-0.25, -0.2) is 4.79 Å². The van der Waals surface area contributed by atoms with Crippen LogP contribution in [0.1, 0.15) is 23.1 Å². The predicted octanol–water partition coefficient (Wildman–Crippen LogP) is 2.45. The van der Waals surface area contributed by atoms with Gasteiger partial charge in [-0.2, -0.15) is 0 Å². The van der Waals surface area contributed by atoms with Gasteiger partial charge in [0.2, 0.25) is 0 Å². The Morgan fingerprint density at radius 1 is 1.41 bits per heavy atom. The Bertz CT molecular complexity index is 413. The van der Waals surface area contributed by atoms with Gasteiger partial charge < -0.3 is 10.2 Å². The number of carboxylic acids is 1. The third-order valence-electron chi connectivity index (χ3n) is 2.45. The molecule has 0 fully saturated rings. The van der Waals surface area contributed by atoms with Crippen LogP contribution in [0.2, 0.25) is 0 Å². The molecule has 17 heavy (non-hydrogen) atoms. The molecule has 0 atom stereocenters. The second kappa shape index (κ2) is 7.09. The fraction of sp³-hybridized carbons (Fsp3) is 0.308. The molecule has 0 heterocycles. The van der Waals surface area contributed by atoms with Crippen molar-refractivity contribution in [2.75, 3.05) is 5.88 Å². The standard InChI is InChI=1S/C13H15ClO3/c14-8-2-5-10-3-1-4-11(12(10)9-15)6-7-13(16)17/h1,3-4,6-7,15H,2,5,8-9H2,(H,16,17). The number of halogens is 1. The molecule has 92 valence electrons. The van der Waals surface area contributed by atoms with Crippen LogP contribution in [0, 0.1) is 0 Å². The summed E-state index contributed by atoms with van der Waals surface area (Å²) in [5.41, 5.74) is 2.53. The fourth-order valence-corrected chi connectivity index (χ4v) is 1.79. The molecule has 1 aromatic carbocycles. The van der Waals surface area contributed by atoms with E-state index in [1.807, 2.05) is 12.1 Å². The average molecular weight is 255 g/mol. The summed E-state index contributed by atoms with van der Waals surface area (Å²) in [6.07, 6.45) is 4.19. The summed E-state index contributed by atoms with van der Waals surface area (Å²) < 4.78 is 0. The van der Waals surface area contributed by atoms with E-state index in [2.05, 4.69) is 0 Å². The van der Waals surface area contributed by atoms with Crippen LogP contribution >= 0.6 is 11.6 Å². The fourth-order valence-electron chi connectivity index (χ4n) is 1.66. The molecule has 0 saturated heterocycles. The van der Waals surface area contributed by atoms with Gasteiger partial charge in [0.1, 0.15) is 0 Å². The van der Waals surface area contributed by atoms with E-state index in [1.54, 1.807) is 6.07 Å². The van der Waals surface area contributed by atoms with Gasteiger partial charge in [-0.15, -0.1) is 11.6 Å². The molecule has 0 aliphatic rings. The number of carboxylic acid groups (broad SMARTS) is 1. The minimum Gasteiger partial charge on any atom is -0.478 e. The second-order valence-corrected chi connectivity index (χ2v) is 3.99. The number of hydrogen-bond acceptors (Lipinski definition) is 2. The highest BCUT2D eigenvalue weighted by molar-refractivity contribution is 6.17. The molecule has 0 saturated carbocycles. The van der Waals surface area contributed by atoms with Crippen molar-refractivity contribution in [3.05, 3.63) is 41.0 Å². The van der Waals surface area contributed by atoms with Crippen molar-refractivity contribution in [1.29, 1.82) is 0 Å². The molecular formula is C13H15ClO3. The van der Waals surface area contributed by atoms with Crippen molar-refractivity contribution in [2.45, 2.75) is 19.4 Å². The first kappa shape index (κ1) is 13.7. The lowest BCUT2D eigenvalue weighted by atomic mass is 9.98. The Kier molecular flexibility index (Phi) is 5.73. The highest BCUT2D eigenvalue weighted by Crippen LogP contribution is 2.18. The largest absolute Gasteiger partial charge is 0.478 e. The minimum absolute atomic E-state index is 0.0995. The SMILES string of the molecule is O=C(O)C=Cc1cccc(CCCCl)c1CO. The number of aryl methyl sites for hydroxylation is 1. The Morgan fingerprint density at radius 3 is 2.76 bits per heavy atom. The zero-order valence-corrected chi connectivity index (χ0v) is 10.2. The Labute approximate surface area is 105 Å². The number of hydrogen-bond donors (Lipinski definition) is 2. The van der Waals surface area contributed by atoms with Gasteiger partial charge in [0, 0.05) is 12.0 Å². The highest BCUT2D eigenvalue weighted by atomic mass is 35.5. The summed E-state index contributed by atoms with van der Waals surface area (Å²) in [6, 6.07) is 5.57. The quantitative estimate of drug-likeness (QED) is 0.606. The van der Waals surface area contributed by atoms with E-state index < -0.39 is 5.97 Å². The van der Waals surface area contributed by atoms with Crippen LogP contribution in [0.15, 0.2) is 24.3 Å². The smallest absolute Gasteiger partial charge is 0.328 e. The van der Waals surface area contributed by atoms with Crippen LogP contribution < -0.4 is 0 Å². The first-order valence-electron chi connectivity index (χ1n) is 5.37. The molecule has 0 aliphatic carbocycles. The van der Waals surface area contributed by atoms with E-state index >= 15 is 0 Å². The van der Waals surface area contributed by atoms with Gasteiger partial charge >= 0.3 is 5.97 Å². The van der Waals surface area contributed by atoms with Crippen LogP contribution in [0.3, 0.4) is 0 Å². The molecule has 0 aromatic heterocycles. The van der Waals surface area contributed by atoms with Crippen LogP contribution in [-0.4, -0.2) is 22.1 Å². The monoisotopic (exact) mass is 254 g/mol. The number of rotatable bonds is 6. The first-order valence-corrected chi connectivity index (χ1v) is 5.91. The van der Waals surface area contributed by atoms with Crippen molar-refractivity contribution < 1.29 is 15.0 Å². The summed E-state index contributed by atoms with van der Waals surface area (Å²) >= 11 is 5.64. The Balaban J connectivity index is 3.00. The zero-order chi connectivity index (χ0) is 12.7. The van der Waals surface area contributed by atoms with Gasteiger partial charge in [-0.05, 0) is 35.6 Å². The van der Waals surface area contributed by atoms with E-state index in [9.17, 15) is 9.90 Å². The molecule has 4 heteroatoms. The number of benzene rings is 1. The van der Waals surface area contributed by atoms with Gasteiger partial charge in [-0.3, -0.25) is 0 Å². The summed E-state index contributed by atoms with van der Waals surface area (Å²) in [6.45, 7) is -0.0995. The summed E-state index contributed by atoms with van der Waals surface area (Å²) in [5, 5.41) is 17.9. The number of aliphatic hydroxyl groups excluding tert-OH is 1. The molecule has 1 rings (SSSR count). The highest BCUT2D eigenvalue weighted by Gasteiger charge is 2.05. The van der Waals surface area contributed by atoms with Crippen molar-refractivity contribution in [1.82, 2.24) is 0 Å². The summed E-state index contributed by atoms with van der Waals surface area (Å²) in [5.74, 6) is -0.430. The van der Waals surface area contributed by atoms with Crippen molar-refractivity contribution in [2.24, 2.45) is 0 Å². The maximum Gasteiger partial charge on any atom is 0.328 e. The number of carbonyl (C=O) groups is 1. The Morgan fingerprint density at radius 2 is 2.18 bits per heavy atom. The molecule has 0 spiro atoms. The third kappa shape index (κ3) is 4.21. The lowest BCUT2D eigenvalue weighted by Crippen LogP contribution is -1.98. The second-order valence-electron chi connectivity index (χ2n) is 3.61. The normalized spacial score (nSPS) is 10.9. The van der Waals surface area contributed by atoms with Gasteiger partial charge in [-0.1, -0.05) is 18.2 Å². The molecule has 2 N–H and O–H groups in total. The van der Waals surface area contributed by atoms with Crippen LogP contribution in [0.4, 0.5) is 0 Å². The van der Waals surface area contributed by atoms with Crippen molar-refractivity contribution in [3.63, 3.8) is 0 Å². The van der Waals surface area contributed by atoms with Gasteiger partial charge in [0.15, 0.2) is 0 Å². The van der Waals surface area contributed by atoms with Crippen molar-refractivity contribution >= 4 is 23.6 Å². The van der Waals surface area contributed by atoms with E-state index in [4.69, 9.17) is 16.7 Å². The molecule has 0 amide bonds. The van der Waals surface area contributed by atoms with E-state index in [1.165, 1.54) is 6.08 Å². The molecular weight excluding hydrogens is 240 g/mol. The average Bonchev–Trinajstić information content (AvgIpc) is 2.33. The molecule has 1 aromatic rings. The molecule has 3 nitrogen and oxygen atoms in total. The topological polar surface area (TPSA) is 57.5 Å². The van der Waals surface area contributed by atoms with E-state index in [0.717, 1.165) is 35.6 Å². The van der Waals surface area contributed by atoms with Crippen LogP contribution in [0.25, 0.3) is 6.08 Å². The van der Waals surface area contributed by atoms with E-state index in [0.29, 0.717) is 5.88 Å². The summed E-state index contributed by atoms with van der Waals surface area (Å²) in [7, 11) is 0. The molecule has 0 unspecified atom stereocenters. The van der Waals surface area contributed by atoms with Crippen molar-refractivity contribution in [3.8, 4) is 0 Å². The zero-order valence-electron chi connectivity index (χ0n) is 9.40. The first-order chi connectivity index (χ1) is 8.19. The van der Waals surface area contributed by atoms with Crippen LogP contribution in [0.5, 0.6) is 0 Å². The number of aliphatic carboxylic acids is 1. The lowest BCUT2D eigenvalue weighted by Gasteiger charge is -2.09. The molecule has 0 bridgehead atoms. The van der Waals surface area contributed by atoms with E-state index in [-0.39, 0.29) is 6.61 Å². The van der Waals surface area contributed by atoms with Gasteiger partial charge in [0.25, 0.3) is 0 Å². The maximum atomic E-state index is 10.5. The predicted molar refractivity (Wildman–Crippen MR) is 68.1 cm³/mol. The minimum atomic E-state index is -1.000.